The first-order valence-corrected chi connectivity index (χ1v) is 23.7. The summed E-state index contributed by atoms with van der Waals surface area (Å²) in [6.07, 6.45) is -4.00. The zero-order chi connectivity index (χ0) is 49.7. The molecule has 18 heteroatoms. The molecule has 6 rings (SSSR count). The van der Waals surface area contributed by atoms with E-state index < -0.39 is 77.6 Å². The molecule has 2 heterocycles. The fourth-order valence-electron chi connectivity index (χ4n) is 9.17. The van der Waals surface area contributed by atoms with Crippen molar-refractivity contribution in [3.63, 3.8) is 0 Å². The van der Waals surface area contributed by atoms with Gasteiger partial charge in [0.2, 0.25) is 17.7 Å². The Balaban J connectivity index is 0.930. The van der Waals surface area contributed by atoms with Crippen molar-refractivity contribution < 1.29 is 48.7 Å². The second-order valence-electron chi connectivity index (χ2n) is 19.7. The number of thiazole rings is 1. The van der Waals surface area contributed by atoms with Crippen LogP contribution in [-0.4, -0.2) is 118 Å². The van der Waals surface area contributed by atoms with Crippen LogP contribution in [0.2, 0.25) is 5.02 Å². The Morgan fingerprint density at radius 3 is 2.22 bits per heavy atom. The van der Waals surface area contributed by atoms with Crippen LogP contribution in [0.5, 0.6) is 11.5 Å². The molecule has 2 aliphatic rings. The monoisotopic (exact) mass is 972 g/mol. The highest BCUT2D eigenvalue weighted by Crippen LogP contribution is 2.55. The quantitative estimate of drug-likeness (QED) is 0.0758. The van der Waals surface area contributed by atoms with Crippen molar-refractivity contribution in [2.75, 3.05) is 26.4 Å². The van der Waals surface area contributed by atoms with Gasteiger partial charge >= 0.3 is 0 Å². The standard InChI is InChI=1S/C50H61ClN6O10S/c1-28-41(68-27-54-28)30-11-9-29(10-12-30)22-53-44(63)37-19-33(58)23-57(37)45(64)42(48(2,3)4)55-40(61)26-65-24-38(59)39(60)25-66-34-16-13-31(14-17-34)43(62)56-46-49(5,6)47(50(46,7)8)67-35-18-15-32(21-52)36(51)20-35/h9-18,20,27,33,37-39,42,46-47,58-60H,19,22-26H2,1-8H3,(H,53,63)(H,55,61)(H,56,62)/t33-,37+,38+,39+,42?,46?,47?/m1/s1. The van der Waals surface area contributed by atoms with E-state index in [1.807, 2.05) is 65.0 Å². The number of nitriles is 1. The number of carbonyl (C=O) groups is 4. The van der Waals surface area contributed by atoms with Crippen LogP contribution in [0.15, 0.2) is 72.2 Å². The average Bonchev–Trinajstić information content (AvgIpc) is 3.91. The number of aromatic nitrogens is 1. The van der Waals surface area contributed by atoms with Crippen LogP contribution in [0.1, 0.15) is 82.1 Å². The number of likely N-dealkylation sites (tertiary alicyclic amines) is 1. The van der Waals surface area contributed by atoms with E-state index in [0.717, 1.165) is 21.7 Å². The number of rotatable bonds is 18. The third-order valence-electron chi connectivity index (χ3n) is 12.6. The molecule has 1 aromatic heterocycles. The SMILES string of the molecule is Cc1ncsc1-c1ccc(CNC(=O)[C@@H]2C[C@@H](O)CN2C(=O)C(NC(=O)COC[C@H](O)[C@@H](O)COc2ccc(C(=O)NC3C(C)(C)C(Oc4ccc(C#N)c(Cl)c4)C3(C)C)cc2)C(C)(C)C)cc1. The smallest absolute Gasteiger partial charge is 0.251 e. The van der Waals surface area contributed by atoms with Crippen molar-refractivity contribution in [2.24, 2.45) is 16.2 Å². The average molecular weight is 974 g/mol. The lowest BCUT2D eigenvalue weighted by atomic mass is 9.49. The normalized spacial score (nSPS) is 20.8. The topological polar surface area (TPSA) is 233 Å². The Morgan fingerprint density at radius 2 is 1.62 bits per heavy atom. The molecule has 2 fully saturated rings. The first-order valence-electron chi connectivity index (χ1n) is 22.4. The first kappa shape index (κ1) is 51.8. The highest BCUT2D eigenvalue weighted by atomic mass is 35.5. The molecule has 1 aliphatic carbocycles. The summed E-state index contributed by atoms with van der Waals surface area (Å²) in [7, 11) is 0. The lowest BCUT2D eigenvalue weighted by Crippen LogP contribution is -2.74. The lowest BCUT2D eigenvalue weighted by molar-refractivity contribution is -0.164. The molecule has 6 N–H and O–H groups in total. The predicted octanol–water partition coefficient (Wildman–Crippen LogP) is 5.18. The van der Waals surface area contributed by atoms with Gasteiger partial charge in [0.1, 0.15) is 61.2 Å². The van der Waals surface area contributed by atoms with E-state index >= 15 is 0 Å². The minimum absolute atomic E-state index is 0.0391. The largest absolute Gasteiger partial charge is 0.491 e. The fraction of sp³-hybridized carbons (Fsp3) is 0.480. The number of β-amino-alcohol motifs (C(OH)–C–C–N with tert-alkyl or cyclic N) is 1. The lowest BCUT2D eigenvalue weighted by Gasteiger charge is -2.63. The number of aliphatic hydroxyl groups excluding tert-OH is 3. The molecule has 364 valence electrons. The summed E-state index contributed by atoms with van der Waals surface area (Å²) >= 11 is 7.77. The second-order valence-corrected chi connectivity index (χ2v) is 21.0. The third-order valence-corrected chi connectivity index (χ3v) is 13.9. The molecule has 1 saturated heterocycles. The molecule has 1 unspecified atom stereocenters. The summed E-state index contributed by atoms with van der Waals surface area (Å²) in [5.74, 6) is -1.05. The molecule has 1 aliphatic heterocycles. The van der Waals surface area contributed by atoms with Gasteiger partial charge in [0.05, 0.1) is 39.4 Å². The number of aliphatic hydroxyl groups is 3. The highest BCUT2D eigenvalue weighted by molar-refractivity contribution is 7.13. The van der Waals surface area contributed by atoms with Gasteiger partial charge in [0.25, 0.3) is 5.91 Å². The van der Waals surface area contributed by atoms with E-state index in [4.69, 9.17) is 25.8 Å². The molecule has 0 radical (unpaired) electrons. The molecular weight excluding hydrogens is 912 g/mol. The maximum absolute atomic E-state index is 14.0. The summed E-state index contributed by atoms with van der Waals surface area (Å²) in [6, 6.07) is 18.7. The number of ether oxygens (including phenoxy) is 3. The molecule has 4 amide bonds. The van der Waals surface area contributed by atoms with Crippen molar-refractivity contribution in [1.82, 2.24) is 25.8 Å². The fourth-order valence-corrected chi connectivity index (χ4v) is 10.2. The maximum atomic E-state index is 14.0. The minimum Gasteiger partial charge on any atom is -0.491 e. The van der Waals surface area contributed by atoms with Crippen LogP contribution < -0.4 is 25.4 Å². The van der Waals surface area contributed by atoms with Gasteiger partial charge in [0, 0.05) is 48.0 Å². The molecule has 3 aromatic carbocycles. The summed E-state index contributed by atoms with van der Waals surface area (Å²) in [6.45, 7) is 14.1. The van der Waals surface area contributed by atoms with Crippen LogP contribution in [0.3, 0.4) is 0 Å². The summed E-state index contributed by atoms with van der Waals surface area (Å²) in [5.41, 5.74) is 3.64. The number of nitrogens with zero attached hydrogens (tertiary/aromatic N) is 3. The Labute approximate surface area is 406 Å². The molecular formula is C50H61ClN6O10S. The number of nitrogens with one attached hydrogen (secondary N) is 3. The van der Waals surface area contributed by atoms with Gasteiger partial charge in [-0.25, -0.2) is 4.98 Å². The Bertz CT molecular complexity index is 2470. The first-order chi connectivity index (χ1) is 32.0. The van der Waals surface area contributed by atoms with E-state index in [1.165, 1.54) is 4.90 Å². The number of hydrogen-bond acceptors (Lipinski definition) is 13. The van der Waals surface area contributed by atoms with Crippen molar-refractivity contribution >= 4 is 46.6 Å². The number of carbonyl (C=O) groups excluding carboxylic acids is 4. The van der Waals surface area contributed by atoms with Crippen molar-refractivity contribution in [3.8, 4) is 28.0 Å². The van der Waals surface area contributed by atoms with Crippen LogP contribution in [-0.2, 0) is 25.7 Å². The number of benzene rings is 3. The van der Waals surface area contributed by atoms with Crippen LogP contribution in [0.4, 0.5) is 0 Å². The van der Waals surface area contributed by atoms with Crippen LogP contribution in [0, 0.1) is 34.5 Å². The van der Waals surface area contributed by atoms with Crippen LogP contribution >= 0.6 is 22.9 Å². The van der Waals surface area contributed by atoms with Gasteiger partial charge in [-0.2, -0.15) is 5.26 Å². The van der Waals surface area contributed by atoms with E-state index in [-0.39, 0.29) is 44.2 Å². The molecule has 0 spiro atoms. The van der Waals surface area contributed by atoms with Gasteiger partial charge in [-0.3, -0.25) is 19.2 Å². The van der Waals surface area contributed by atoms with Crippen molar-refractivity contribution in [1.29, 1.82) is 5.26 Å². The van der Waals surface area contributed by atoms with Crippen LogP contribution in [0.25, 0.3) is 10.4 Å². The summed E-state index contributed by atoms with van der Waals surface area (Å²) in [5, 5.41) is 50.0. The highest BCUT2D eigenvalue weighted by Gasteiger charge is 2.64. The van der Waals surface area contributed by atoms with Crippen molar-refractivity contribution in [3.05, 3.63) is 99.6 Å². The number of amides is 4. The molecule has 1 saturated carbocycles. The van der Waals surface area contributed by atoms with Gasteiger partial charge in [-0.1, -0.05) is 84.3 Å². The number of hydrogen-bond donors (Lipinski definition) is 6. The third kappa shape index (κ3) is 12.0. The Kier molecular flexibility index (Phi) is 16.3. The second kappa shape index (κ2) is 21.4. The molecule has 4 aromatic rings. The Morgan fingerprint density at radius 1 is 0.971 bits per heavy atom. The number of halogens is 1. The Hall–Kier alpha value is -5.61. The minimum atomic E-state index is -1.44. The van der Waals surface area contributed by atoms with E-state index in [2.05, 4.69) is 20.9 Å². The van der Waals surface area contributed by atoms with Gasteiger partial charge in [-0.15, -0.1) is 11.3 Å². The zero-order valence-electron chi connectivity index (χ0n) is 39.5. The van der Waals surface area contributed by atoms with Gasteiger partial charge < -0.3 is 50.4 Å². The molecule has 16 nitrogen and oxygen atoms in total. The van der Waals surface area contributed by atoms with E-state index in [9.17, 15) is 39.8 Å². The molecule has 5 atom stereocenters. The van der Waals surface area contributed by atoms with Crippen molar-refractivity contribution in [2.45, 2.75) is 111 Å². The summed E-state index contributed by atoms with van der Waals surface area (Å²) in [4.78, 5) is 60.6. The summed E-state index contributed by atoms with van der Waals surface area (Å²) < 4.78 is 17.4. The van der Waals surface area contributed by atoms with Gasteiger partial charge in [-0.05, 0) is 59.9 Å². The molecule has 0 bridgehead atoms. The van der Waals surface area contributed by atoms with E-state index in [0.29, 0.717) is 27.6 Å². The molecule has 68 heavy (non-hydrogen) atoms. The van der Waals surface area contributed by atoms with E-state index in [1.54, 1.807) is 80.1 Å². The van der Waals surface area contributed by atoms with Gasteiger partial charge in [0.15, 0.2) is 0 Å². The maximum Gasteiger partial charge on any atom is 0.251 e. The number of aryl methyl sites for hydroxylation is 1. The predicted molar refractivity (Wildman–Crippen MR) is 256 cm³/mol. The zero-order valence-corrected chi connectivity index (χ0v) is 41.1.